The minimum Gasteiger partial charge on any atom is -0.341 e. The Labute approximate surface area is 136 Å². The molecular weight excluding hydrogens is 297 g/mol. The summed E-state index contributed by atoms with van der Waals surface area (Å²) in [7, 11) is 1.41. The Morgan fingerprint density at radius 1 is 1.35 bits per heavy atom. The lowest BCUT2D eigenvalue weighted by Gasteiger charge is -2.35. The molecule has 124 valence electrons. The van der Waals surface area contributed by atoms with E-state index < -0.39 is 11.7 Å². The quantitative estimate of drug-likeness (QED) is 0.496. The van der Waals surface area contributed by atoms with Gasteiger partial charge < -0.3 is 4.74 Å². The lowest BCUT2D eigenvalue weighted by molar-refractivity contribution is -0.242. The average Bonchev–Trinajstić information content (AvgIpc) is 3.13. The monoisotopic (exact) mass is 319 g/mol. The van der Waals surface area contributed by atoms with E-state index in [1.165, 1.54) is 13.3 Å². The third-order valence-corrected chi connectivity index (χ3v) is 4.56. The van der Waals surface area contributed by atoms with Crippen molar-refractivity contribution >= 4 is 5.91 Å². The van der Waals surface area contributed by atoms with Gasteiger partial charge in [0.15, 0.2) is 0 Å². The molecule has 0 aromatic heterocycles. The maximum atomic E-state index is 12.7. The van der Waals surface area contributed by atoms with Crippen LogP contribution in [-0.4, -0.2) is 18.8 Å². The number of carbonyl (C=O) groups excluding carboxylic acids is 1. The van der Waals surface area contributed by atoms with Gasteiger partial charge in [0.2, 0.25) is 0 Å². The van der Waals surface area contributed by atoms with Gasteiger partial charge in [0, 0.05) is 24.5 Å². The molecule has 1 N–H and O–H groups in total. The van der Waals surface area contributed by atoms with Crippen LogP contribution in [0.5, 0.6) is 0 Å². The highest BCUT2D eigenvalue weighted by atomic mass is 19.1. The van der Waals surface area contributed by atoms with Crippen LogP contribution in [0.2, 0.25) is 0 Å². The van der Waals surface area contributed by atoms with Crippen LogP contribution in [0.1, 0.15) is 43.0 Å². The number of benzene rings is 1. The van der Waals surface area contributed by atoms with Crippen LogP contribution in [0, 0.1) is 23.9 Å². The molecule has 2 unspecified atom stereocenters. The van der Waals surface area contributed by atoms with Crippen LogP contribution in [-0.2, 0) is 9.57 Å². The predicted molar refractivity (Wildman–Crippen MR) is 84.7 cm³/mol. The van der Waals surface area contributed by atoms with Gasteiger partial charge in [-0.2, -0.15) is 0 Å². The van der Waals surface area contributed by atoms with Crippen molar-refractivity contribution in [3.8, 4) is 12.1 Å². The highest BCUT2D eigenvalue weighted by molar-refractivity contribution is 5.93. The van der Waals surface area contributed by atoms with Crippen LogP contribution in [0.25, 0.3) is 0 Å². The third-order valence-electron chi connectivity index (χ3n) is 4.56. The summed E-state index contributed by atoms with van der Waals surface area (Å²) in [6.45, 7) is 1.92. The van der Waals surface area contributed by atoms with Gasteiger partial charge >= 0.3 is 0 Å². The molecule has 1 amide bonds. The molecule has 0 radical (unpaired) electrons. The minimum atomic E-state index is -1.49. The molecule has 23 heavy (non-hydrogen) atoms. The largest absolute Gasteiger partial charge is 0.341 e. The van der Waals surface area contributed by atoms with Crippen molar-refractivity contribution in [1.82, 2.24) is 5.48 Å². The average molecular weight is 319 g/mol. The highest BCUT2D eigenvalue weighted by Crippen LogP contribution is 2.38. The fourth-order valence-corrected chi connectivity index (χ4v) is 3.12. The first kappa shape index (κ1) is 17.5. The molecule has 1 aliphatic carbocycles. The van der Waals surface area contributed by atoms with E-state index >= 15 is 0 Å². The zero-order valence-electron chi connectivity index (χ0n) is 13.5. The minimum absolute atomic E-state index is 0.172. The molecule has 4 nitrogen and oxygen atoms in total. The highest BCUT2D eigenvalue weighted by Gasteiger charge is 2.43. The van der Waals surface area contributed by atoms with E-state index in [0.29, 0.717) is 11.5 Å². The first-order chi connectivity index (χ1) is 11.1. The smallest absolute Gasteiger partial charge is 0.274 e. The second kappa shape index (κ2) is 8.09. The van der Waals surface area contributed by atoms with Gasteiger partial charge in [-0.1, -0.05) is 38.0 Å². The molecule has 0 heterocycles. The number of nitrogens with one attached hydrogen (secondary N) is 1. The summed E-state index contributed by atoms with van der Waals surface area (Å²) >= 11 is 0. The lowest BCUT2D eigenvalue weighted by atomic mass is 9.85. The topological polar surface area (TPSA) is 47.6 Å². The predicted octanol–water partition coefficient (Wildman–Crippen LogP) is 3.45. The van der Waals surface area contributed by atoms with Crippen LogP contribution >= 0.6 is 0 Å². The molecule has 2 atom stereocenters. The standard InChI is InChI=1S/C18H22FNO3/c1-14(15-8-6-7-9-15)18(22-2,12-13-19)23-20-17(21)16-10-4-3-5-11-16/h3-5,10-11,14-15H,6-9H2,1-2H3,(H,20,21). The zero-order chi connectivity index (χ0) is 16.7. The van der Waals surface area contributed by atoms with Gasteiger partial charge in [-0.25, -0.2) is 10.3 Å². The Balaban J connectivity index is 2.11. The lowest BCUT2D eigenvalue weighted by Crippen LogP contribution is -2.48. The molecule has 5 heteroatoms. The van der Waals surface area contributed by atoms with E-state index in [-0.39, 0.29) is 5.92 Å². The van der Waals surface area contributed by atoms with E-state index in [4.69, 9.17) is 9.57 Å². The van der Waals surface area contributed by atoms with Crippen molar-refractivity contribution in [2.24, 2.45) is 11.8 Å². The van der Waals surface area contributed by atoms with Gasteiger partial charge in [0.25, 0.3) is 11.7 Å². The van der Waals surface area contributed by atoms with Gasteiger partial charge in [-0.3, -0.25) is 4.79 Å². The zero-order valence-corrected chi connectivity index (χ0v) is 13.5. The van der Waals surface area contributed by atoms with Gasteiger partial charge in [-0.15, -0.1) is 4.39 Å². The van der Waals surface area contributed by atoms with Crippen molar-refractivity contribution in [3.05, 3.63) is 35.9 Å². The maximum absolute atomic E-state index is 12.7. The van der Waals surface area contributed by atoms with E-state index in [1.54, 1.807) is 24.3 Å². The molecule has 1 saturated carbocycles. The second-order valence-corrected chi connectivity index (χ2v) is 5.82. The van der Waals surface area contributed by atoms with Crippen LogP contribution in [0.15, 0.2) is 30.3 Å². The molecular formula is C18H22FNO3. The fraction of sp³-hybridized carbons (Fsp3) is 0.500. The van der Waals surface area contributed by atoms with E-state index in [0.717, 1.165) is 25.7 Å². The van der Waals surface area contributed by atoms with Gasteiger partial charge in [0.1, 0.15) is 6.17 Å². The fourth-order valence-electron chi connectivity index (χ4n) is 3.12. The first-order valence-electron chi connectivity index (χ1n) is 7.84. The molecule has 0 aliphatic heterocycles. The summed E-state index contributed by atoms with van der Waals surface area (Å²) in [6, 6.07) is 8.64. The summed E-state index contributed by atoms with van der Waals surface area (Å²) in [6.07, 6.45) is 5.69. The number of hydrogen-bond donors (Lipinski definition) is 1. The number of rotatable bonds is 6. The summed E-state index contributed by atoms with van der Waals surface area (Å²) in [5.74, 6) is 0.588. The second-order valence-electron chi connectivity index (χ2n) is 5.82. The Morgan fingerprint density at radius 3 is 2.57 bits per heavy atom. The Kier molecular flexibility index (Phi) is 6.14. The maximum Gasteiger partial charge on any atom is 0.274 e. The number of carbonyl (C=O) groups is 1. The number of halogens is 1. The molecule has 0 saturated heterocycles. The molecule has 0 spiro atoms. The van der Waals surface area contributed by atoms with Crippen molar-refractivity contribution in [3.63, 3.8) is 0 Å². The van der Waals surface area contributed by atoms with Crippen molar-refractivity contribution in [2.75, 3.05) is 7.11 Å². The third kappa shape index (κ3) is 4.10. The van der Waals surface area contributed by atoms with Crippen LogP contribution in [0.3, 0.4) is 0 Å². The molecule has 2 rings (SSSR count). The molecule has 1 fully saturated rings. The van der Waals surface area contributed by atoms with Crippen molar-refractivity contribution in [1.29, 1.82) is 0 Å². The summed E-state index contributed by atoms with van der Waals surface area (Å²) in [4.78, 5) is 17.6. The summed E-state index contributed by atoms with van der Waals surface area (Å²) in [5, 5.41) is 0. The molecule has 1 aromatic carbocycles. The number of ether oxygens (including phenoxy) is 1. The number of hydroxylamine groups is 1. The number of amides is 1. The molecule has 1 aliphatic rings. The van der Waals surface area contributed by atoms with Crippen molar-refractivity contribution in [2.45, 2.75) is 38.4 Å². The SMILES string of the molecule is COC(C#CF)(ONC(=O)c1ccccc1)C(C)C1CCCC1. The van der Waals surface area contributed by atoms with Crippen LogP contribution < -0.4 is 5.48 Å². The summed E-state index contributed by atoms with van der Waals surface area (Å²) < 4.78 is 18.1. The number of methoxy groups -OCH3 is 1. The van der Waals surface area contributed by atoms with E-state index in [9.17, 15) is 9.18 Å². The Morgan fingerprint density at radius 2 is 2.00 bits per heavy atom. The van der Waals surface area contributed by atoms with E-state index in [2.05, 4.69) is 11.4 Å². The Hall–Kier alpha value is -1.90. The van der Waals surface area contributed by atoms with Crippen molar-refractivity contribution < 1.29 is 18.8 Å². The molecule has 1 aromatic rings. The van der Waals surface area contributed by atoms with Gasteiger partial charge in [-0.05, 0) is 30.9 Å². The van der Waals surface area contributed by atoms with E-state index in [1.807, 2.05) is 13.0 Å². The first-order valence-corrected chi connectivity index (χ1v) is 7.84. The molecule has 0 bridgehead atoms. The number of hydrogen-bond acceptors (Lipinski definition) is 3. The van der Waals surface area contributed by atoms with Gasteiger partial charge in [0.05, 0.1) is 0 Å². The van der Waals surface area contributed by atoms with Crippen LogP contribution in [0.4, 0.5) is 4.39 Å². The normalized spacial score (nSPS) is 18.6. The summed E-state index contributed by atoms with van der Waals surface area (Å²) in [5.41, 5.74) is 2.79. The Bertz CT molecular complexity index is 575.